The predicted molar refractivity (Wildman–Crippen MR) is 77.1 cm³/mol. The van der Waals surface area contributed by atoms with Crippen LogP contribution in [0, 0.1) is 11.8 Å². The van der Waals surface area contributed by atoms with Crippen molar-refractivity contribution in [2.45, 2.75) is 38.0 Å². The molecule has 0 atom stereocenters. The Morgan fingerprint density at radius 1 is 1.14 bits per heavy atom. The Balaban J connectivity index is 1.45. The third-order valence-corrected chi connectivity index (χ3v) is 4.70. The molecule has 4 heteroatoms. The Labute approximate surface area is 124 Å². The van der Waals surface area contributed by atoms with Crippen LogP contribution in [-0.2, 0) is 11.2 Å². The first-order chi connectivity index (χ1) is 10.0. The van der Waals surface area contributed by atoms with Crippen LogP contribution in [0.15, 0.2) is 30.3 Å². The maximum Gasteiger partial charge on any atom is 0.248 e. The van der Waals surface area contributed by atoms with E-state index in [0.717, 1.165) is 19.5 Å². The maximum atomic E-state index is 13.1. The number of amides is 1. The number of halogens is 2. The molecule has 1 aliphatic carbocycles. The highest BCUT2D eigenvalue weighted by atomic mass is 19.3. The van der Waals surface area contributed by atoms with Crippen molar-refractivity contribution in [3.05, 3.63) is 35.9 Å². The zero-order valence-corrected chi connectivity index (χ0v) is 12.1. The molecule has 1 aromatic rings. The van der Waals surface area contributed by atoms with Crippen LogP contribution in [0.5, 0.6) is 0 Å². The van der Waals surface area contributed by atoms with Crippen molar-refractivity contribution < 1.29 is 13.6 Å². The quantitative estimate of drug-likeness (QED) is 0.835. The van der Waals surface area contributed by atoms with Crippen molar-refractivity contribution in [2.24, 2.45) is 11.8 Å². The summed E-state index contributed by atoms with van der Waals surface area (Å²) in [6.45, 7) is 1.56. The second-order valence-electron chi connectivity index (χ2n) is 6.43. The van der Waals surface area contributed by atoms with Gasteiger partial charge in [-0.1, -0.05) is 30.3 Å². The van der Waals surface area contributed by atoms with Gasteiger partial charge >= 0.3 is 0 Å². The summed E-state index contributed by atoms with van der Waals surface area (Å²) >= 11 is 0. The Morgan fingerprint density at radius 3 is 2.38 bits per heavy atom. The van der Waals surface area contributed by atoms with Crippen molar-refractivity contribution in [3.8, 4) is 0 Å². The molecular formula is C17H21F2NO. The van der Waals surface area contributed by atoms with Gasteiger partial charge in [-0.15, -0.1) is 0 Å². The molecule has 1 saturated carbocycles. The number of hydrogen-bond donors (Lipinski definition) is 0. The van der Waals surface area contributed by atoms with E-state index in [-0.39, 0.29) is 24.7 Å². The molecule has 21 heavy (non-hydrogen) atoms. The lowest BCUT2D eigenvalue weighted by Crippen LogP contribution is -2.53. The SMILES string of the molecule is O=C(C1CCC(F)(F)CC1)N1CC(Cc2ccccc2)C1. The average Bonchev–Trinajstić information content (AvgIpc) is 2.43. The summed E-state index contributed by atoms with van der Waals surface area (Å²) in [6.07, 6.45) is 1.40. The van der Waals surface area contributed by atoms with E-state index in [1.54, 1.807) is 0 Å². The van der Waals surface area contributed by atoms with Gasteiger partial charge in [0.15, 0.2) is 0 Å². The summed E-state index contributed by atoms with van der Waals surface area (Å²) in [6, 6.07) is 10.3. The van der Waals surface area contributed by atoms with Crippen molar-refractivity contribution >= 4 is 5.91 Å². The fourth-order valence-corrected chi connectivity index (χ4v) is 3.37. The van der Waals surface area contributed by atoms with Crippen molar-refractivity contribution in [1.82, 2.24) is 4.90 Å². The number of carbonyl (C=O) groups is 1. The highest BCUT2D eigenvalue weighted by Gasteiger charge is 2.40. The van der Waals surface area contributed by atoms with Gasteiger partial charge in [0.2, 0.25) is 11.8 Å². The Kier molecular flexibility index (Phi) is 3.96. The first-order valence-electron chi connectivity index (χ1n) is 7.74. The van der Waals surface area contributed by atoms with Crippen LogP contribution in [0.2, 0.25) is 0 Å². The van der Waals surface area contributed by atoms with Crippen molar-refractivity contribution in [3.63, 3.8) is 0 Å². The second kappa shape index (κ2) is 5.74. The molecular weight excluding hydrogens is 272 g/mol. The molecule has 3 rings (SSSR count). The van der Waals surface area contributed by atoms with Gasteiger partial charge in [-0.25, -0.2) is 8.78 Å². The number of alkyl halides is 2. The summed E-state index contributed by atoms with van der Waals surface area (Å²) in [4.78, 5) is 14.1. The molecule has 1 saturated heterocycles. The molecule has 0 aromatic heterocycles. The van der Waals surface area contributed by atoms with Crippen molar-refractivity contribution in [2.75, 3.05) is 13.1 Å². The molecule has 0 spiro atoms. The van der Waals surface area contributed by atoms with Crippen LogP contribution >= 0.6 is 0 Å². The number of carbonyl (C=O) groups excluding carboxylic acids is 1. The normalized spacial score (nSPS) is 22.9. The molecule has 1 aromatic carbocycles. The second-order valence-corrected chi connectivity index (χ2v) is 6.43. The summed E-state index contributed by atoms with van der Waals surface area (Å²) in [5.74, 6) is -2.12. The van der Waals surface area contributed by atoms with E-state index in [2.05, 4.69) is 12.1 Å². The maximum absolute atomic E-state index is 13.1. The van der Waals surface area contributed by atoms with Crippen LogP contribution in [-0.4, -0.2) is 29.8 Å². The highest BCUT2D eigenvalue weighted by Crippen LogP contribution is 2.37. The highest BCUT2D eigenvalue weighted by molar-refractivity contribution is 5.79. The fraction of sp³-hybridized carbons (Fsp3) is 0.588. The Bertz CT molecular complexity index is 487. The first-order valence-corrected chi connectivity index (χ1v) is 7.74. The third-order valence-electron chi connectivity index (χ3n) is 4.70. The summed E-state index contributed by atoms with van der Waals surface area (Å²) in [5.41, 5.74) is 1.30. The van der Waals surface area contributed by atoms with Gasteiger partial charge in [0.05, 0.1) is 0 Å². The minimum Gasteiger partial charge on any atom is -0.342 e. The molecule has 1 amide bonds. The largest absolute Gasteiger partial charge is 0.342 e. The van der Waals surface area contributed by atoms with Gasteiger partial charge in [0.25, 0.3) is 0 Å². The van der Waals surface area contributed by atoms with E-state index in [0.29, 0.717) is 18.8 Å². The summed E-state index contributed by atoms with van der Waals surface area (Å²) in [5, 5.41) is 0. The van der Waals surface area contributed by atoms with Gasteiger partial charge in [-0.05, 0) is 30.7 Å². The molecule has 1 aliphatic heterocycles. The van der Waals surface area contributed by atoms with Crippen LogP contribution in [0.1, 0.15) is 31.2 Å². The predicted octanol–water partition coefficient (Wildman–Crippen LogP) is 3.51. The molecule has 0 radical (unpaired) electrons. The van der Waals surface area contributed by atoms with Gasteiger partial charge < -0.3 is 4.90 Å². The molecule has 2 nitrogen and oxygen atoms in total. The molecule has 114 valence electrons. The minimum atomic E-state index is -2.55. The fourth-order valence-electron chi connectivity index (χ4n) is 3.37. The third kappa shape index (κ3) is 3.42. The number of hydrogen-bond acceptors (Lipinski definition) is 1. The minimum absolute atomic E-state index is 0.0924. The van der Waals surface area contributed by atoms with Gasteiger partial charge in [0, 0.05) is 31.8 Å². The standard InChI is InChI=1S/C17H21F2NO/c18-17(19)8-6-15(7-9-17)16(21)20-11-14(12-20)10-13-4-2-1-3-5-13/h1-5,14-15H,6-12H2. The van der Waals surface area contributed by atoms with E-state index in [9.17, 15) is 13.6 Å². The van der Waals surface area contributed by atoms with Gasteiger partial charge in [-0.2, -0.15) is 0 Å². The lowest BCUT2D eigenvalue weighted by molar-refractivity contribution is -0.146. The number of nitrogens with zero attached hydrogens (tertiary/aromatic N) is 1. The summed E-state index contributed by atoms with van der Waals surface area (Å²) < 4.78 is 26.2. The lowest BCUT2D eigenvalue weighted by Gasteiger charge is -2.42. The average molecular weight is 293 g/mol. The smallest absolute Gasteiger partial charge is 0.248 e. The van der Waals surface area contributed by atoms with E-state index in [4.69, 9.17) is 0 Å². The molecule has 0 bridgehead atoms. The first kappa shape index (κ1) is 14.5. The Morgan fingerprint density at radius 2 is 1.76 bits per heavy atom. The van der Waals surface area contributed by atoms with Crippen LogP contribution in [0.25, 0.3) is 0 Å². The zero-order chi connectivity index (χ0) is 14.9. The molecule has 2 fully saturated rings. The van der Waals surface area contributed by atoms with Crippen LogP contribution in [0.4, 0.5) is 8.78 Å². The molecule has 2 aliphatic rings. The van der Waals surface area contributed by atoms with Crippen LogP contribution in [0.3, 0.4) is 0 Å². The van der Waals surface area contributed by atoms with Gasteiger partial charge in [0.1, 0.15) is 0 Å². The van der Waals surface area contributed by atoms with Crippen LogP contribution < -0.4 is 0 Å². The topological polar surface area (TPSA) is 20.3 Å². The van der Waals surface area contributed by atoms with Crippen molar-refractivity contribution in [1.29, 1.82) is 0 Å². The van der Waals surface area contributed by atoms with Gasteiger partial charge in [-0.3, -0.25) is 4.79 Å². The summed E-state index contributed by atoms with van der Waals surface area (Å²) in [7, 11) is 0. The van der Waals surface area contributed by atoms with E-state index >= 15 is 0 Å². The number of rotatable bonds is 3. The van der Waals surface area contributed by atoms with E-state index < -0.39 is 5.92 Å². The Hall–Kier alpha value is -1.45. The monoisotopic (exact) mass is 293 g/mol. The van der Waals surface area contributed by atoms with E-state index in [1.807, 2.05) is 23.1 Å². The number of likely N-dealkylation sites (tertiary alicyclic amines) is 1. The molecule has 1 heterocycles. The van der Waals surface area contributed by atoms with E-state index in [1.165, 1.54) is 5.56 Å². The number of benzene rings is 1. The lowest BCUT2D eigenvalue weighted by atomic mass is 9.84. The zero-order valence-electron chi connectivity index (χ0n) is 12.1. The molecule has 0 N–H and O–H groups in total. The molecule has 0 unspecified atom stereocenters.